The monoisotopic (exact) mass is 654 g/mol. The Morgan fingerprint density at radius 2 is 1.08 bits per heavy atom. The van der Waals surface area contributed by atoms with E-state index in [0.717, 1.165) is 33.3 Å². The Bertz CT molecular complexity index is 2740. The van der Waals surface area contributed by atoms with Crippen molar-refractivity contribution in [1.29, 1.82) is 0 Å². The molecule has 0 amide bonds. The molecule has 0 fully saturated rings. The quantitative estimate of drug-likeness (QED) is 0.164. The van der Waals surface area contributed by atoms with Crippen LogP contribution in [-0.4, -0.2) is 25.1 Å². The fourth-order valence-electron chi connectivity index (χ4n) is 8.93. The summed E-state index contributed by atoms with van der Waals surface area (Å²) in [5.74, 6) is 11.6. The van der Waals surface area contributed by atoms with Gasteiger partial charge in [-0.05, 0) is 58.0 Å². The Balaban J connectivity index is 1.49. The molecule has 0 bridgehead atoms. The summed E-state index contributed by atoms with van der Waals surface area (Å²) in [5.41, 5.74) is 12.9. The molecule has 2 aliphatic rings. The van der Waals surface area contributed by atoms with E-state index in [-0.39, 0.29) is 11.8 Å². The van der Waals surface area contributed by atoms with Gasteiger partial charge in [-0.15, -0.1) is 25.7 Å². The van der Waals surface area contributed by atoms with Crippen LogP contribution in [0.15, 0.2) is 109 Å². The number of para-hydroxylation sites is 3. The molecule has 3 aromatic heterocycles. The van der Waals surface area contributed by atoms with Crippen molar-refractivity contribution < 1.29 is 0 Å². The highest BCUT2D eigenvalue weighted by Crippen LogP contribution is 2.56. The topological polar surface area (TPSA) is 18.0 Å². The van der Waals surface area contributed by atoms with Crippen molar-refractivity contribution in [1.82, 2.24) is 18.6 Å². The number of fused-ring (bicyclic) bond motifs is 8. The first kappa shape index (κ1) is 30.3. The average Bonchev–Trinajstić information content (AvgIpc) is 3.80. The lowest BCUT2D eigenvalue weighted by Gasteiger charge is -2.40. The summed E-state index contributed by atoms with van der Waals surface area (Å²) in [6, 6.07) is 36.7. The first-order valence-electron chi connectivity index (χ1n) is 17.3. The standard InChI is InChI=1S/C47H34N4/c1-5-25-48-31-34-19-10-9-17-32(34)29-40(48)44-42-35-20-12-15-23-38(35)51(28-8-4)47(42)45(41-30-33-18-11-14-22-37(33)49(41)26-6-2)43-36-21-13-16-24-39(36)50(27-7-3)46(43)44/h1-4,9-24,29-30,44-45H,25-28,31H2. The number of allylic oxidation sites excluding steroid dienone is 1. The van der Waals surface area contributed by atoms with Crippen molar-refractivity contribution in [3.05, 3.63) is 148 Å². The molecule has 0 N–H and O–H groups in total. The molecule has 242 valence electrons. The fraction of sp³-hybridized carbons (Fsp3) is 0.149. The molecule has 0 saturated heterocycles. The third-order valence-electron chi connectivity index (χ3n) is 10.8. The molecule has 7 aromatic rings. The molecular formula is C47H34N4. The number of hydrogen-bond donors (Lipinski definition) is 0. The molecule has 2 atom stereocenters. The van der Waals surface area contributed by atoms with Crippen LogP contribution in [-0.2, 0) is 26.2 Å². The van der Waals surface area contributed by atoms with Gasteiger partial charge in [0.2, 0.25) is 0 Å². The molecule has 4 heterocycles. The van der Waals surface area contributed by atoms with Gasteiger partial charge < -0.3 is 18.6 Å². The Labute approximate surface area is 298 Å². The molecule has 1 aliphatic carbocycles. The molecule has 9 rings (SSSR count). The van der Waals surface area contributed by atoms with Crippen LogP contribution in [0.2, 0.25) is 0 Å². The van der Waals surface area contributed by atoms with Gasteiger partial charge in [0.1, 0.15) is 0 Å². The summed E-state index contributed by atoms with van der Waals surface area (Å²) in [7, 11) is 0. The summed E-state index contributed by atoms with van der Waals surface area (Å²) < 4.78 is 7.03. The molecule has 51 heavy (non-hydrogen) atoms. The van der Waals surface area contributed by atoms with Crippen molar-refractivity contribution in [3.8, 4) is 49.4 Å². The predicted octanol–water partition coefficient (Wildman–Crippen LogP) is 8.57. The van der Waals surface area contributed by atoms with Crippen molar-refractivity contribution in [2.75, 3.05) is 6.54 Å². The summed E-state index contributed by atoms with van der Waals surface area (Å²) in [6.07, 6.45) is 27.0. The van der Waals surface area contributed by atoms with E-state index in [2.05, 4.69) is 151 Å². The number of terminal acetylenes is 4. The molecule has 0 saturated carbocycles. The lowest BCUT2D eigenvalue weighted by molar-refractivity contribution is 0.353. The first-order chi connectivity index (χ1) is 25.2. The summed E-state index contributed by atoms with van der Waals surface area (Å²) >= 11 is 0. The number of nitrogens with zero attached hydrogens (tertiary/aromatic N) is 4. The maximum atomic E-state index is 6.22. The minimum absolute atomic E-state index is 0.192. The van der Waals surface area contributed by atoms with Crippen LogP contribution in [0.3, 0.4) is 0 Å². The summed E-state index contributed by atoms with van der Waals surface area (Å²) in [6.45, 7) is 2.46. The molecule has 4 nitrogen and oxygen atoms in total. The van der Waals surface area contributed by atoms with E-state index in [1.807, 2.05) is 0 Å². The van der Waals surface area contributed by atoms with Crippen LogP contribution < -0.4 is 0 Å². The second-order valence-corrected chi connectivity index (χ2v) is 13.3. The molecule has 1 aliphatic heterocycles. The zero-order valence-electron chi connectivity index (χ0n) is 28.2. The molecular weight excluding hydrogens is 621 g/mol. The smallest absolute Gasteiger partial charge is 0.0838 e. The molecule has 0 spiro atoms. The van der Waals surface area contributed by atoms with Gasteiger partial charge in [0.15, 0.2) is 0 Å². The zero-order chi connectivity index (χ0) is 34.6. The van der Waals surface area contributed by atoms with Gasteiger partial charge in [-0.3, -0.25) is 0 Å². The highest BCUT2D eigenvalue weighted by Gasteiger charge is 2.45. The average molecular weight is 655 g/mol. The van der Waals surface area contributed by atoms with Crippen molar-refractivity contribution >= 4 is 38.8 Å². The van der Waals surface area contributed by atoms with Crippen LogP contribution in [0.4, 0.5) is 0 Å². The van der Waals surface area contributed by atoms with Gasteiger partial charge in [-0.1, -0.05) is 103 Å². The van der Waals surface area contributed by atoms with E-state index in [0.29, 0.717) is 32.7 Å². The second kappa shape index (κ2) is 12.0. The van der Waals surface area contributed by atoms with Crippen LogP contribution >= 0.6 is 0 Å². The lowest BCUT2D eigenvalue weighted by atomic mass is 9.73. The summed E-state index contributed by atoms with van der Waals surface area (Å²) in [4.78, 5) is 2.36. The van der Waals surface area contributed by atoms with Crippen molar-refractivity contribution in [3.63, 3.8) is 0 Å². The highest BCUT2D eigenvalue weighted by atomic mass is 15.2. The predicted molar refractivity (Wildman–Crippen MR) is 209 cm³/mol. The Kier molecular flexibility index (Phi) is 7.14. The van der Waals surface area contributed by atoms with E-state index >= 15 is 0 Å². The van der Waals surface area contributed by atoms with E-state index in [4.69, 9.17) is 25.7 Å². The number of benzene rings is 4. The van der Waals surface area contributed by atoms with E-state index in [1.165, 1.54) is 44.4 Å². The minimum Gasteiger partial charge on any atom is -0.358 e. The highest BCUT2D eigenvalue weighted by molar-refractivity contribution is 5.95. The van der Waals surface area contributed by atoms with Crippen molar-refractivity contribution in [2.24, 2.45) is 0 Å². The van der Waals surface area contributed by atoms with E-state index < -0.39 is 0 Å². The third kappa shape index (κ3) is 4.41. The largest absolute Gasteiger partial charge is 0.358 e. The Morgan fingerprint density at radius 3 is 1.75 bits per heavy atom. The maximum Gasteiger partial charge on any atom is 0.0838 e. The van der Waals surface area contributed by atoms with E-state index in [9.17, 15) is 0 Å². The van der Waals surface area contributed by atoms with Gasteiger partial charge in [-0.2, -0.15) is 0 Å². The second-order valence-electron chi connectivity index (χ2n) is 13.3. The fourth-order valence-corrected chi connectivity index (χ4v) is 8.93. The van der Waals surface area contributed by atoms with Gasteiger partial charge >= 0.3 is 0 Å². The molecule has 4 heteroatoms. The zero-order valence-corrected chi connectivity index (χ0v) is 28.2. The van der Waals surface area contributed by atoms with Crippen molar-refractivity contribution in [2.45, 2.75) is 38.0 Å². The SMILES string of the molecule is C#CCN1Cc2ccccc2C=C1C1c2c(n(CC#C)c3ccccc23)C(c2cc3ccccc3n2CC#C)c2c1n(CC#C)c1ccccc21. The van der Waals surface area contributed by atoms with Gasteiger partial charge in [0.05, 0.1) is 38.0 Å². The van der Waals surface area contributed by atoms with Gasteiger partial charge in [0, 0.05) is 56.6 Å². The maximum absolute atomic E-state index is 6.22. The van der Waals surface area contributed by atoms with Crippen LogP contribution in [0.5, 0.6) is 0 Å². The minimum atomic E-state index is -0.200. The number of hydrogen-bond acceptors (Lipinski definition) is 1. The van der Waals surface area contributed by atoms with Gasteiger partial charge in [-0.25, -0.2) is 0 Å². The molecule has 2 unspecified atom stereocenters. The third-order valence-corrected chi connectivity index (χ3v) is 10.8. The van der Waals surface area contributed by atoms with Crippen LogP contribution in [0.1, 0.15) is 51.2 Å². The van der Waals surface area contributed by atoms with Crippen LogP contribution in [0, 0.1) is 49.4 Å². The normalized spacial score (nSPS) is 16.1. The number of aromatic nitrogens is 3. The number of rotatable bonds is 6. The molecule has 4 aromatic carbocycles. The van der Waals surface area contributed by atoms with E-state index in [1.54, 1.807) is 0 Å². The van der Waals surface area contributed by atoms with Gasteiger partial charge in [0.25, 0.3) is 0 Å². The molecule has 0 radical (unpaired) electrons. The first-order valence-corrected chi connectivity index (χ1v) is 17.3. The van der Waals surface area contributed by atoms with Crippen LogP contribution in [0.25, 0.3) is 38.8 Å². The Hall–Kier alpha value is -6.72. The summed E-state index contributed by atoms with van der Waals surface area (Å²) in [5, 5.41) is 3.48. The Morgan fingerprint density at radius 1 is 0.549 bits per heavy atom. The lowest BCUT2D eigenvalue weighted by Crippen LogP contribution is -2.33.